The van der Waals surface area contributed by atoms with Gasteiger partial charge < -0.3 is 5.32 Å². The van der Waals surface area contributed by atoms with Crippen LogP contribution in [0.4, 0.5) is 5.69 Å². The van der Waals surface area contributed by atoms with Crippen molar-refractivity contribution in [2.24, 2.45) is 0 Å². The molecule has 1 heterocycles. The molecule has 0 saturated heterocycles. The van der Waals surface area contributed by atoms with Crippen molar-refractivity contribution in [3.05, 3.63) is 110 Å². The Morgan fingerprint density at radius 3 is 2.48 bits per heavy atom. The predicted octanol–water partition coefficient (Wildman–Crippen LogP) is 5.16. The number of nitro benzene ring substituents is 1. The topological polar surface area (TPSA) is 103 Å². The molecule has 0 unspecified atom stereocenters. The first-order valence-electron chi connectivity index (χ1n) is 9.91. The summed E-state index contributed by atoms with van der Waals surface area (Å²) in [4.78, 5) is 23.2. The van der Waals surface area contributed by atoms with Crippen LogP contribution in [-0.4, -0.2) is 25.6 Å². The van der Waals surface area contributed by atoms with E-state index in [1.807, 2.05) is 36.4 Å². The molecule has 3 aromatic carbocycles. The number of hydrogen-bond donors (Lipinski definition) is 1. The van der Waals surface area contributed by atoms with Crippen LogP contribution in [0.5, 0.6) is 0 Å². The van der Waals surface area contributed by atoms with Crippen LogP contribution < -0.4 is 5.32 Å². The molecule has 0 radical (unpaired) electrons. The second-order valence-corrected chi connectivity index (χ2v) is 8.83. The molecule has 4 aromatic rings. The number of benzene rings is 3. The molecule has 8 nitrogen and oxygen atoms in total. The maximum atomic E-state index is 12.6. The van der Waals surface area contributed by atoms with E-state index in [9.17, 15) is 14.9 Å². The molecular formula is C23H18BrN5O3S. The number of thioether (sulfide) groups is 1. The Bertz CT molecular complexity index is 1280. The quantitative estimate of drug-likeness (QED) is 0.194. The lowest BCUT2D eigenvalue weighted by molar-refractivity contribution is -0.384. The Morgan fingerprint density at radius 2 is 1.79 bits per heavy atom. The van der Waals surface area contributed by atoms with Gasteiger partial charge in [0.05, 0.1) is 11.5 Å². The lowest BCUT2D eigenvalue weighted by Gasteiger charge is -2.11. The summed E-state index contributed by atoms with van der Waals surface area (Å²) in [6, 6.07) is 23.2. The third-order valence-electron chi connectivity index (χ3n) is 4.72. The fraction of sp³-hybridized carbons (Fsp3) is 0.0870. The zero-order chi connectivity index (χ0) is 23.2. The van der Waals surface area contributed by atoms with E-state index < -0.39 is 4.92 Å². The van der Waals surface area contributed by atoms with Crippen molar-refractivity contribution in [2.45, 2.75) is 17.5 Å². The van der Waals surface area contributed by atoms with Gasteiger partial charge in [0.1, 0.15) is 0 Å². The van der Waals surface area contributed by atoms with Gasteiger partial charge >= 0.3 is 0 Å². The summed E-state index contributed by atoms with van der Waals surface area (Å²) in [5, 5.41) is 23.1. The summed E-state index contributed by atoms with van der Waals surface area (Å²) in [6.45, 7) is 0.140. The number of nitrogens with zero attached hydrogens (tertiary/aromatic N) is 4. The SMILES string of the molecule is O=C(NCc1nnc(SCc2ccccc2)n1-c1ccc([N+](=O)[O-])cc1)c1cccc(Br)c1. The zero-order valence-corrected chi connectivity index (χ0v) is 19.6. The van der Waals surface area contributed by atoms with Crippen LogP contribution in [0.1, 0.15) is 21.7 Å². The predicted molar refractivity (Wildman–Crippen MR) is 129 cm³/mol. The first-order chi connectivity index (χ1) is 16.0. The second-order valence-electron chi connectivity index (χ2n) is 6.98. The van der Waals surface area contributed by atoms with Gasteiger partial charge in [0.15, 0.2) is 11.0 Å². The lowest BCUT2D eigenvalue weighted by atomic mass is 10.2. The maximum Gasteiger partial charge on any atom is 0.269 e. The highest BCUT2D eigenvalue weighted by molar-refractivity contribution is 9.10. The first kappa shape index (κ1) is 22.7. The number of aromatic nitrogens is 3. The van der Waals surface area contributed by atoms with Crippen LogP contribution in [0.2, 0.25) is 0 Å². The van der Waals surface area contributed by atoms with E-state index in [4.69, 9.17) is 0 Å². The molecule has 166 valence electrons. The van der Waals surface area contributed by atoms with Crippen molar-refractivity contribution < 1.29 is 9.72 Å². The van der Waals surface area contributed by atoms with Crippen molar-refractivity contribution in [2.75, 3.05) is 0 Å². The van der Waals surface area contributed by atoms with Gasteiger partial charge in [-0.2, -0.15) is 0 Å². The van der Waals surface area contributed by atoms with Crippen molar-refractivity contribution >= 4 is 39.3 Å². The van der Waals surface area contributed by atoms with Crippen molar-refractivity contribution in [1.29, 1.82) is 0 Å². The smallest absolute Gasteiger partial charge is 0.269 e. The summed E-state index contributed by atoms with van der Waals surface area (Å²) in [5.74, 6) is 0.951. The van der Waals surface area contributed by atoms with Crippen molar-refractivity contribution in [1.82, 2.24) is 20.1 Å². The highest BCUT2D eigenvalue weighted by Gasteiger charge is 2.17. The van der Waals surface area contributed by atoms with Gasteiger partial charge in [0.2, 0.25) is 0 Å². The van der Waals surface area contributed by atoms with E-state index in [1.54, 1.807) is 34.9 Å². The highest BCUT2D eigenvalue weighted by Crippen LogP contribution is 2.26. The van der Waals surface area contributed by atoms with Crippen molar-refractivity contribution in [3.8, 4) is 5.69 Å². The van der Waals surface area contributed by atoms with Gasteiger partial charge in [-0.1, -0.05) is 64.1 Å². The average Bonchev–Trinajstić information content (AvgIpc) is 3.24. The maximum absolute atomic E-state index is 12.6. The van der Waals surface area contributed by atoms with Gasteiger partial charge in [-0.3, -0.25) is 19.5 Å². The van der Waals surface area contributed by atoms with Gasteiger partial charge in [0.25, 0.3) is 11.6 Å². The molecule has 10 heteroatoms. The number of nitrogens with one attached hydrogen (secondary N) is 1. The van der Waals surface area contributed by atoms with Crippen LogP contribution in [-0.2, 0) is 12.3 Å². The minimum atomic E-state index is -0.444. The fourth-order valence-corrected chi connectivity index (χ4v) is 4.43. The van der Waals surface area contributed by atoms with Gasteiger partial charge in [0, 0.05) is 33.6 Å². The van der Waals surface area contributed by atoms with Gasteiger partial charge in [-0.05, 0) is 35.9 Å². The number of halogens is 1. The third kappa shape index (κ3) is 5.65. The normalized spacial score (nSPS) is 10.7. The molecule has 0 bridgehead atoms. The number of rotatable bonds is 8. The van der Waals surface area contributed by atoms with Crippen LogP contribution >= 0.6 is 27.7 Å². The molecule has 0 aliphatic carbocycles. The fourth-order valence-electron chi connectivity index (χ4n) is 3.10. The molecular weight excluding hydrogens is 506 g/mol. The number of non-ortho nitro benzene ring substituents is 1. The Labute approximate surface area is 202 Å². The number of carbonyl (C=O) groups excluding carboxylic acids is 1. The summed E-state index contributed by atoms with van der Waals surface area (Å²) in [5.41, 5.74) is 2.32. The monoisotopic (exact) mass is 523 g/mol. The van der Waals surface area contributed by atoms with E-state index in [0.29, 0.717) is 28.0 Å². The third-order valence-corrected chi connectivity index (χ3v) is 6.22. The van der Waals surface area contributed by atoms with E-state index in [2.05, 4.69) is 31.4 Å². The van der Waals surface area contributed by atoms with Crippen LogP contribution in [0.25, 0.3) is 5.69 Å². The summed E-state index contributed by atoms with van der Waals surface area (Å²) in [6.07, 6.45) is 0. The Morgan fingerprint density at radius 1 is 1.03 bits per heavy atom. The van der Waals surface area contributed by atoms with E-state index in [-0.39, 0.29) is 18.1 Å². The van der Waals surface area contributed by atoms with E-state index >= 15 is 0 Å². The van der Waals surface area contributed by atoms with Crippen LogP contribution in [0.15, 0.2) is 88.5 Å². The number of carbonyl (C=O) groups is 1. The van der Waals surface area contributed by atoms with Gasteiger partial charge in [-0.15, -0.1) is 10.2 Å². The Kier molecular flexibility index (Phi) is 7.16. The molecule has 0 fully saturated rings. The average molecular weight is 524 g/mol. The molecule has 0 aliphatic rings. The lowest BCUT2D eigenvalue weighted by Crippen LogP contribution is -2.24. The highest BCUT2D eigenvalue weighted by atomic mass is 79.9. The molecule has 1 N–H and O–H groups in total. The minimum Gasteiger partial charge on any atom is -0.345 e. The summed E-state index contributed by atoms with van der Waals surface area (Å²) in [7, 11) is 0. The molecule has 1 aromatic heterocycles. The zero-order valence-electron chi connectivity index (χ0n) is 17.2. The molecule has 0 saturated carbocycles. The van der Waals surface area contributed by atoms with Gasteiger partial charge in [-0.25, -0.2) is 0 Å². The summed E-state index contributed by atoms with van der Waals surface area (Å²) < 4.78 is 2.61. The second kappa shape index (κ2) is 10.4. The number of amides is 1. The summed E-state index contributed by atoms with van der Waals surface area (Å²) >= 11 is 4.86. The van der Waals surface area contributed by atoms with Crippen LogP contribution in [0, 0.1) is 10.1 Å². The molecule has 0 spiro atoms. The molecule has 0 aliphatic heterocycles. The van der Waals surface area contributed by atoms with E-state index in [1.165, 1.54) is 23.9 Å². The Balaban J connectivity index is 1.59. The Hall–Kier alpha value is -3.50. The number of hydrogen-bond acceptors (Lipinski definition) is 6. The minimum absolute atomic E-state index is 0.00480. The van der Waals surface area contributed by atoms with Crippen LogP contribution in [0.3, 0.4) is 0 Å². The van der Waals surface area contributed by atoms with E-state index in [0.717, 1.165) is 10.0 Å². The van der Waals surface area contributed by atoms with Crippen molar-refractivity contribution in [3.63, 3.8) is 0 Å². The molecule has 1 amide bonds. The standard InChI is InChI=1S/C23H18BrN5O3S/c24-18-8-4-7-17(13-18)22(30)25-14-21-26-27-23(33-15-16-5-2-1-3-6-16)28(21)19-9-11-20(12-10-19)29(31)32/h1-13H,14-15H2,(H,25,30). The number of nitro groups is 1. The first-order valence-corrected chi connectivity index (χ1v) is 11.7. The molecule has 0 atom stereocenters. The largest absolute Gasteiger partial charge is 0.345 e. The molecule has 33 heavy (non-hydrogen) atoms. The molecule has 4 rings (SSSR count).